The summed E-state index contributed by atoms with van der Waals surface area (Å²) in [6, 6.07) is 33.7. The van der Waals surface area contributed by atoms with Gasteiger partial charge in [-0.25, -0.2) is 4.39 Å². The van der Waals surface area contributed by atoms with E-state index in [4.69, 9.17) is 18.9 Å². The molecule has 5 atom stereocenters. The van der Waals surface area contributed by atoms with Crippen LogP contribution in [0, 0.1) is 0 Å². The average Bonchev–Trinajstić information content (AvgIpc) is 3.30. The first kappa shape index (κ1) is 28.9. The maximum Gasteiger partial charge on any atom is 0.262 e. The van der Waals surface area contributed by atoms with E-state index in [1.54, 1.807) is 24.3 Å². The van der Waals surface area contributed by atoms with Gasteiger partial charge in [0.2, 0.25) is 6.36 Å². The number of alkyl halides is 1. The third-order valence-electron chi connectivity index (χ3n) is 7.69. The van der Waals surface area contributed by atoms with Crippen LogP contribution in [-0.4, -0.2) is 54.0 Å². The number of nitrogens with zero attached hydrogens (tertiary/aromatic N) is 1. The normalized spacial score (nSPS) is 23.4. The molecule has 2 unspecified atom stereocenters. The van der Waals surface area contributed by atoms with Crippen LogP contribution in [0.15, 0.2) is 115 Å². The Bertz CT molecular complexity index is 1480. The Labute approximate surface area is 249 Å². The fraction of sp³-hybridized carbons (Fsp3) is 0.257. The number of amides is 2. The van der Waals surface area contributed by atoms with E-state index in [0.717, 1.165) is 21.6 Å². The molecule has 6 rings (SSSR count). The number of halogens is 1. The minimum Gasteiger partial charge on any atom is -0.374 e. The van der Waals surface area contributed by atoms with Gasteiger partial charge < -0.3 is 18.9 Å². The Hall–Kier alpha value is -4.21. The minimum atomic E-state index is -2.04. The molecule has 1 saturated heterocycles. The molecule has 0 spiro atoms. The lowest BCUT2D eigenvalue weighted by Gasteiger charge is -2.46. The van der Waals surface area contributed by atoms with Crippen molar-refractivity contribution in [3.63, 3.8) is 0 Å². The first-order valence-corrected chi connectivity index (χ1v) is 14.3. The van der Waals surface area contributed by atoms with Crippen LogP contribution >= 0.6 is 0 Å². The first-order valence-electron chi connectivity index (χ1n) is 14.3. The van der Waals surface area contributed by atoms with Gasteiger partial charge in [-0.05, 0) is 28.8 Å². The lowest BCUT2D eigenvalue weighted by molar-refractivity contribution is -0.267. The molecule has 0 N–H and O–H groups in total. The maximum atomic E-state index is 16.2. The van der Waals surface area contributed by atoms with E-state index >= 15 is 4.39 Å². The van der Waals surface area contributed by atoms with Crippen LogP contribution in [-0.2, 0) is 38.8 Å². The summed E-state index contributed by atoms with van der Waals surface area (Å²) >= 11 is 0. The van der Waals surface area contributed by atoms with Crippen LogP contribution in [0.5, 0.6) is 0 Å². The highest BCUT2D eigenvalue weighted by Gasteiger charge is 2.55. The number of fused-ring (bicyclic) bond motifs is 1. The van der Waals surface area contributed by atoms with Gasteiger partial charge in [-0.15, -0.1) is 0 Å². The number of ether oxygens (including phenoxy) is 4. The van der Waals surface area contributed by atoms with E-state index in [2.05, 4.69) is 0 Å². The molecule has 0 bridgehead atoms. The average molecular weight is 582 g/mol. The molecular weight excluding hydrogens is 549 g/mol. The van der Waals surface area contributed by atoms with Gasteiger partial charge in [-0.3, -0.25) is 14.5 Å². The van der Waals surface area contributed by atoms with Gasteiger partial charge in [0.25, 0.3) is 11.8 Å². The maximum absolute atomic E-state index is 16.2. The third-order valence-corrected chi connectivity index (χ3v) is 7.69. The Morgan fingerprint density at radius 3 is 1.56 bits per heavy atom. The van der Waals surface area contributed by atoms with Crippen LogP contribution in [0.1, 0.15) is 37.4 Å². The van der Waals surface area contributed by atoms with Gasteiger partial charge >= 0.3 is 0 Å². The van der Waals surface area contributed by atoms with E-state index in [1.807, 2.05) is 91.0 Å². The number of benzene rings is 4. The quantitative estimate of drug-likeness (QED) is 0.211. The van der Waals surface area contributed by atoms with E-state index in [-0.39, 0.29) is 30.9 Å². The standard InChI is InChI=1S/C35H32FNO6/c36-33-30(37-34(38)27-18-10-11-19-28(27)35(37)39)32(42-22-26-16-8-3-9-17-26)31(41-21-25-14-6-2-7-15-25)29(43-33)23-40-20-24-12-4-1-5-13-24/h1-19,29-33H,20-23H2/t29?,30?,31-,32-,33-/m1/s1. The molecule has 0 radical (unpaired) electrons. The molecule has 0 aliphatic carbocycles. The van der Waals surface area contributed by atoms with Gasteiger partial charge in [-0.1, -0.05) is 103 Å². The summed E-state index contributed by atoms with van der Waals surface area (Å²) in [5, 5.41) is 0. The number of imide groups is 1. The van der Waals surface area contributed by atoms with Crippen molar-refractivity contribution in [3.8, 4) is 0 Å². The van der Waals surface area contributed by atoms with Crippen molar-refractivity contribution in [1.82, 2.24) is 4.90 Å². The summed E-state index contributed by atoms with van der Waals surface area (Å²) in [4.78, 5) is 28.0. The lowest BCUT2D eigenvalue weighted by atomic mass is 9.95. The van der Waals surface area contributed by atoms with Gasteiger partial charge in [0.15, 0.2) is 0 Å². The van der Waals surface area contributed by atoms with Crippen molar-refractivity contribution in [2.45, 2.75) is 50.5 Å². The second-order valence-corrected chi connectivity index (χ2v) is 10.6. The van der Waals surface area contributed by atoms with Gasteiger partial charge in [0.1, 0.15) is 24.4 Å². The second-order valence-electron chi connectivity index (χ2n) is 10.6. The summed E-state index contributed by atoms with van der Waals surface area (Å²) in [5.41, 5.74) is 3.14. The number of rotatable bonds is 11. The van der Waals surface area contributed by atoms with E-state index in [9.17, 15) is 9.59 Å². The van der Waals surface area contributed by atoms with Crippen molar-refractivity contribution in [3.05, 3.63) is 143 Å². The lowest BCUT2D eigenvalue weighted by Crippen LogP contribution is -2.65. The van der Waals surface area contributed by atoms with E-state index < -0.39 is 42.5 Å². The Morgan fingerprint density at radius 2 is 1.05 bits per heavy atom. The molecule has 0 aromatic heterocycles. The molecule has 2 amide bonds. The predicted octanol–water partition coefficient (Wildman–Crippen LogP) is 5.73. The SMILES string of the molecule is O=C1c2ccccc2C(=O)N1C1[C@H](F)OC(COCc2ccccc2)[C@@H](OCc2ccccc2)[C@@H]1OCc1ccccc1. The Balaban J connectivity index is 1.31. The van der Waals surface area contributed by atoms with Gasteiger partial charge in [0.05, 0.1) is 37.6 Å². The smallest absolute Gasteiger partial charge is 0.262 e. The molecule has 4 aromatic carbocycles. The zero-order valence-corrected chi connectivity index (χ0v) is 23.5. The van der Waals surface area contributed by atoms with Crippen molar-refractivity contribution in [2.24, 2.45) is 0 Å². The van der Waals surface area contributed by atoms with Crippen molar-refractivity contribution >= 4 is 11.8 Å². The van der Waals surface area contributed by atoms with Crippen LogP contribution in [0.4, 0.5) is 4.39 Å². The molecule has 8 heteroatoms. The molecule has 2 aliphatic heterocycles. The molecule has 4 aromatic rings. The predicted molar refractivity (Wildman–Crippen MR) is 157 cm³/mol. The summed E-state index contributed by atoms with van der Waals surface area (Å²) in [7, 11) is 0. The fourth-order valence-corrected chi connectivity index (χ4v) is 5.55. The number of hydrogen-bond acceptors (Lipinski definition) is 6. The first-order chi connectivity index (χ1) is 21.1. The fourth-order valence-electron chi connectivity index (χ4n) is 5.55. The Morgan fingerprint density at radius 1 is 0.605 bits per heavy atom. The largest absolute Gasteiger partial charge is 0.374 e. The number of carbonyl (C=O) groups is 2. The van der Waals surface area contributed by atoms with Crippen LogP contribution in [0.3, 0.4) is 0 Å². The highest BCUT2D eigenvalue weighted by Crippen LogP contribution is 2.36. The van der Waals surface area contributed by atoms with Crippen molar-refractivity contribution in [1.29, 1.82) is 0 Å². The van der Waals surface area contributed by atoms with E-state index in [0.29, 0.717) is 6.61 Å². The third kappa shape index (κ3) is 6.43. The summed E-state index contributed by atoms with van der Waals surface area (Å²) in [6.07, 6.45) is -4.85. The van der Waals surface area contributed by atoms with Crippen molar-refractivity contribution in [2.75, 3.05) is 6.61 Å². The summed E-state index contributed by atoms with van der Waals surface area (Å²) < 4.78 is 40.9. The second kappa shape index (κ2) is 13.4. The van der Waals surface area contributed by atoms with E-state index in [1.165, 1.54) is 0 Å². The zero-order valence-electron chi connectivity index (χ0n) is 23.5. The molecule has 0 saturated carbocycles. The van der Waals surface area contributed by atoms with Crippen LogP contribution in [0.2, 0.25) is 0 Å². The van der Waals surface area contributed by atoms with Crippen LogP contribution < -0.4 is 0 Å². The highest BCUT2D eigenvalue weighted by molar-refractivity contribution is 6.21. The molecule has 2 heterocycles. The number of hydrogen-bond donors (Lipinski definition) is 0. The molecule has 2 aliphatic rings. The molecular formula is C35H32FNO6. The molecule has 220 valence electrons. The molecule has 7 nitrogen and oxygen atoms in total. The molecule has 1 fully saturated rings. The monoisotopic (exact) mass is 581 g/mol. The van der Waals surface area contributed by atoms with Crippen molar-refractivity contribution < 1.29 is 32.9 Å². The van der Waals surface area contributed by atoms with Gasteiger partial charge in [-0.2, -0.15) is 0 Å². The molecule has 43 heavy (non-hydrogen) atoms. The summed E-state index contributed by atoms with van der Waals surface area (Å²) in [5.74, 6) is -1.18. The zero-order chi connectivity index (χ0) is 29.6. The van der Waals surface area contributed by atoms with Gasteiger partial charge in [0, 0.05) is 0 Å². The van der Waals surface area contributed by atoms with Crippen LogP contribution in [0.25, 0.3) is 0 Å². The highest BCUT2D eigenvalue weighted by atomic mass is 19.1. The Kier molecular flexibility index (Phi) is 9.00. The topological polar surface area (TPSA) is 74.3 Å². The minimum absolute atomic E-state index is 0.00874. The number of carbonyl (C=O) groups excluding carboxylic acids is 2. The summed E-state index contributed by atoms with van der Waals surface area (Å²) in [6.45, 7) is 0.594.